The fourth-order valence-corrected chi connectivity index (χ4v) is 7.33. The molecule has 0 fully saturated rings. The predicted molar refractivity (Wildman–Crippen MR) is 180 cm³/mol. The van der Waals surface area contributed by atoms with Crippen LogP contribution in [0.2, 0.25) is 0 Å². The monoisotopic (exact) mass is 691 g/mol. The summed E-state index contributed by atoms with van der Waals surface area (Å²) in [6, 6.07) is 6.86. The van der Waals surface area contributed by atoms with Gasteiger partial charge in [-0.25, -0.2) is 13.2 Å². The Hall–Kier alpha value is -3.66. The zero-order chi connectivity index (χ0) is 34.3. The quantitative estimate of drug-likeness (QED) is 0.291. The van der Waals surface area contributed by atoms with Crippen LogP contribution < -0.4 is 14.8 Å². The van der Waals surface area contributed by atoms with Crippen LogP contribution in [0.15, 0.2) is 44.4 Å². The van der Waals surface area contributed by atoms with Crippen molar-refractivity contribution < 1.29 is 37.1 Å². The lowest BCUT2D eigenvalue weighted by molar-refractivity contribution is -0.0115. The number of aromatic nitrogens is 1. The van der Waals surface area contributed by atoms with Gasteiger partial charge in [0.2, 0.25) is 0 Å². The molecule has 258 valence electrons. The van der Waals surface area contributed by atoms with Gasteiger partial charge in [0.15, 0.2) is 5.76 Å². The van der Waals surface area contributed by atoms with Crippen LogP contribution in [0.4, 0.5) is 16.2 Å². The number of amides is 3. The summed E-state index contributed by atoms with van der Waals surface area (Å²) >= 11 is 1.09. The second kappa shape index (κ2) is 16.0. The number of nitrogens with zero attached hydrogens (tertiary/aromatic N) is 3. The fourth-order valence-electron chi connectivity index (χ4n) is 5.29. The second-order valence-corrected chi connectivity index (χ2v) is 14.9. The summed E-state index contributed by atoms with van der Waals surface area (Å²) in [5.74, 6) is 0.122. The van der Waals surface area contributed by atoms with Crippen molar-refractivity contribution in [3.05, 3.63) is 52.7 Å². The number of ether oxygens (including phenoxy) is 2. The Labute approximate surface area is 280 Å². The summed E-state index contributed by atoms with van der Waals surface area (Å²) < 4.78 is 46.4. The normalized spacial score (nSPS) is 20.4. The molecule has 0 saturated carbocycles. The number of likely N-dealkylation sites (N-methyl/N-ethyl adjacent to an activating group) is 1. The Bertz CT molecular complexity index is 1590. The minimum atomic E-state index is -3.86. The molecule has 47 heavy (non-hydrogen) atoms. The highest BCUT2D eigenvalue weighted by Crippen LogP contribution is 2.30. The summed E-state index contributed by atoms with van der Waals surface area (Å²) in [7, 11) is -2.20. The molecule has 0 unspecified atom stereocenters. The number of aryl methyl sites for hydroxylation is 2. The second-order valence-electron chi connectivity index (χ2n) is 12.1. The van der Waals surface area contributed by atoms with Gasteiger partial charge in [-0.3, -0.25) is 9.52 Å². The Morgan fingerprint density at radius 3 is 2.66 bits per heavy atom. The third-order valence-corrected chi connectivity index (χ3v) is 10.9. The van der Waals surface area contributed by atoms with Crippen LogP contribution in [0.1, 0.15) is 61.8 Å². The number of carbonyl (C=O) groups is 2. The van der Waals surface area contributed by atoms with Crippen LogP contribution in [0.5, 0.6) is 5.75 Å². The van der Waals surface area contributed by atoms with E-state index in [1.165, 1.54) is 17.0 Å². The molecule has 15 heteroatoms. The van der Waals surface area contributed by atoms with E-state index in [1.807, 2.05) is 13.8 Å². The number of fused-ring (bicyclic) bond motifs is 1. The first-order valence-corrected chi connectivity index (χ1v) is 18.0. The number of aliphatic hydroxyl groups excluding tert-OH is 1. The van der Waals surface area contributed by atoms with E-state index in [-0.39, 0.29) is 53.2 Å². The summed E-state index contributed by atoms with van der Waals surface area (Å²) in [6.45, 7) is 9.62. The lowest BCUT2D eigenvalue weighted by Gasteiger charge is -2.35. The van der Waals surface area contributed by atoms with E-state index in [0.29, 0.717) is 35.9 Å². The zero-order valence-electron chi connectivity index (χ0n) is 27.7. The van der Waals surface area contributed by atoms with Gasteiger partial charge in [-0.1, -0.05) is 18.1 Å². The highest BCUT2D eigenvalue weighted by Gasteiger charge is 2.31. The van der Waals surface area contributed by atoms with E-state index in [4.69, 9.17) is 14.0 Å². The van der Waals surface area contributed by atoms with E-state index in [9.17, 15) is 23.1 Å². The minimum Gasteiger partial charge on any atom is -0.490 e. The van der Waals surface area contributed by atoms with E-state index in [0.717, 1.165) is 24.2 Å². The van der Waals surface area contributed by atoms with Gasteiger partial charge < -0.3 is 34.2 Å². The van der Waals surface area contributed by atoms with Crippen LogP contribution in [-0.4, -0.2) is 92.0 Å². The molecule has 3 aromatic rings. The van der Waals surface area contributed by atoms with E-state index in [2.05, 4.69) is 15.2 Å². The smallest absolute Gasteiger partial charge is 0.321 e. The van der Waals surface area contributed by atoms with E-state index >= 15 is 0 Å². The van der Waals surface area contributed by atoms with Gasteiger partial charge in [0.25, 0.3) is 15.9 Å². The van der Waals surface area contributed by atoms with Crippen LogP contribution in [0.3, 0.4) is 0 Å². The Morgan fingerprint density at radius 2 is 2.00 bits per heavy atom. The largest absolute Gasteiger partial charge is 0.490 e. The zero-order valence-corrected chi connectivity index (χ0v) is 29.3. The lowest BCUT2D eigenvalue weighted by atomic mass is 10.0. The lowest BCUT2D eigenvalue weighted by Crippen LogP contribution is -2.48. The van der Waals surface area contributed by atoms with Crippen molar-refractivity contribution in [2.75, 3.05) is 43.4 Å². The molecular weight excluding hydrogens is 647 g/mol. The van der Waals surface area contributed by atoms with Crippen molar-refractivity contribution in [1.29, 1.82) is 0 Å². The molecule has 0 bridgehead atoms. The topological polar surface area (TPSA) is 164 Å². The predicted octanol–water partition coefficient (Wildman–Crippen LogP) is 5.11. The molecule has 4 atom stereocenters. The third kappa shape index (κ3) is 9.24. The van der Waals surface area contributed by atoms with Gasteiger partial charge in [0, 0.05) is 38.3 Å². The molecule has 0 aliphatic carbocycles. The van der Waals surface area contributed by atoms with Crippen molar-refractivity contribution in [3.63, 3.8) is 0 Å². The van der Waals surface area contributed by atoms with Gasteiger partial charge in [0.05, 0.1) is 30.4 Å². The number of urea groups is 1. The maximum absolute atomic E-state index is 14.3. The molecule has 1 aliphatic heterocycles. The molecule has 0 spiro atoms. The van der Waals surface area contributed by atoms with Crippen molar-refractivity contribution in [1.82, 2.24) is 15.0 Å². The number of thiophene rings is 1. The highest BCUT2D eigenvalue weighted by atomic mass is 32.2. The van der Waals surface area contributed by atoms with Gasteiger partial charge in [-0.05, 0) is 76.6 Å². The van der Waals surface area contributed by atoms with Gasteiger partial charge >= 0.3 is 6.03 Å². The third-order valence-electron chi connectivity index (χ3n) is 8.13. The molecule has 13 nitrogen and oxygen atoms in total. The number of anilines is 2. The Morgan fingerprint density at radius 1 is 1.23 bits per heavy atom. The summed E-state index contributed by atoms with van der Waals surface area (Å²) in [4.78, 5) is 30.5. The van der Waals surface area contributed by atoms with Crippen molar-refractivity contribution in [2.24, 2.45) is 5.92 Å². The fraction of sp³-hybridized carbons (Fsp3) is 0.531. The molecule has 3 heterocycles. The van der Waals surface area contributed by atoms with Crippen molar-refractivity contribution >= 4 is 44.7 Å². The van der Waals surface area contributed by atoms with E-state index < -0.39 is 28.1 Å². The first kappa shape index (κ1) is 36.2. The van der Waals surface area contributed by atoms with Crippen LogP contribution in [-0.2, 0) is 14.8 Å². The SMILES string of the molecule is Cc1noc(C)c1NC(=O)N(C)C[C@@H]1OCCCC[C@H](C)Oc2ccc(NS(=O)(=O)c3cccs3)cc2C(=O)N([C@@H](C)CO)C[C@H]1C. The first-order chi connectivity index (χ1) is 22.3. The molecule has 2 aromatic heterocycles. The van der Waals surface area contributed by atoms with Crippen molar-refractivity contribution in [2.45, 2.75) is 76.3 Å². The number of hydrogen-bond acceptors (Lipinski definition) is 10. The molecule has 4 rings (SSSR count). The molecule has 3 amide bonds. The molecule has 0 saturated heterocycles. The van der Waals surface area contributed by atoms with Crippen LogP contribution >= 0.6 is 11.3 Å². The number of hydrogen-bond donors (Lipinski definition) is 3. The van der Waals surface area contributed by atoms with E-state index in [1.54, 1.807) is 56.3 Å². The Balaban J connectivity index is 1.62. The highest BCUT2D eigenvalue weighted by molar-refractivity contribution is 7.94. The number of benzene rings is 1. The average Bonchev–Trinajstić information content (AvgIpc) is 3.69. The first-order valence-electron chi connectivity index (χ1n) is 15.7. The molecule has 0 radical (unpaired) electrons. The van der Waals surface area contributed by atoms with Gasteiger partial charge in [0.1, 0.15) is 21.3 Å². The van der Waals surface area contributed by atoms with Crippen LogP contribution in [0, 0.1) is 19.8 Å². The number of sulfonamides is 1. The standard InChI is InChI=1S/C32H45N5O8S2/c1-20-17-37(21(2)19-38)31(39)26-16-25(35-47(41,42)29-11-9-15-46-29)12-13-27(26)44-22(3)10-7-8-14-43-28(20)18-36(6)32(40)33-30-23(4)34-45-24(30)5/h9,11-13,15-16,20-22,28,35,38H,7-8,10,14,17-19H2,1-6H3,(H,33,40)/t20-,21+,22+,28+/m1/s1. The Kier molecular flexibility index (Phi) is 12.3. The minimum absolute atomic E-state index is 0.148. The maximum atomic E-state index is 14.3. The number of aliphatic hydroxyl groups is 1. The number of rotatable bonds is 8. The molecule has 1 aliphatic rings. The summed E-state index contributed by atoms with van der Waals surface area (Å²) in [5.41, 5.74) is 1.46. The maximum Gasteiger partial charge on any atom is 0.321 e. The molecule has 3 N–H and O–H groups in total. The summed E-state index contributed by atoms with van der Waals surface area (Å²) in [5, 5.41) is 18.6. The molecule has 1 aromatic carbocycles. The number of nitrogens with one attached hydrogen (secondary N) is 2. The number of carbonyl (C=O) groups excluding carboxylic acids is 2. The van der Waals surface area contributed by atoms with Gasteiger partial charge in [-0.2, -0.15) is 0 Å². The van der Waals surface area contributed by atoms with Crippen LogP contribution in [0.25, 0.3) is 0 Å². The van der Waals surface area contributed by atoms with Crippen molar-refractivity contribution in [3.8, 4) is 5.75 Å². The van der Waals surface area contributed by atoms with Gasteiger partial charge in [-0.15, -0.1) is 11.3 Å². The summed E-state index contributed by atoms with van der Waals surface area (Å²) in [6.07, 6.45) is 1.57. The molecular formula is C32H45N5O8S2. The average molecular weight is 692 g/mol.